The highest BCUT2D eigenvalue weighted by atomic mass is 16.6. The Morgan fingerprint density at radius 3 is 2.87 bits per heavy atom. The quantitative estimate of drug-likeness (QED) is 0.461. The van der Waals surface area contributed by atoms with Crippen LogP contribution in [0.15, 0.2) is 18.2 Å². The Bertz CT molecular complexity index is 351. The molecule has 0 saturated carbocycles. The Balaban J connectivity index is 2.82. The van der Waals surface area contributed by atoms with Crippen molar-refractivity contribution in [3.63, 3.8) is 0 Å². The molecule has 0 aromatic heterocycles. The van der Waals surface area contributed by atoms with Gasteiger partial charge in [0, 0.05) is 12.1 Å². The molecule has 0 saturated heterocycles. The summed E-state index contributed by atoms with van der Waals surface area (Å²) in [4.78, 5) is 10.1. The van der Waals surface area contributed by atoms with Crippen LogP contribution in [0.4, 0.5) is 5.69 Å². The van der Waals surface area contributed by atoms with Crippen molar-refractivity contribution in [1.82, 2.24) is 0 Å². The van der Waals surface area contributed by atoms with Crippen LogP contribution >= 0.6 is 0 Å². The first-order chi connectivity index (χ1) is 7.15. The zero-order chi connectivity index (χ0) is 11.3. The molecule has 0 unspecified atom stereocenters. The number of nitrogens with zero attached hydrogens (tertiary/aromatic N) is 1. The van der Waals surface area contributed by atoms with E-state index in [1.807, 2.05) is 6.92 Å². The number of hydrogen-bond donors (Lipinski definition) is 1. The topological polar surface area (TPSA) is 72.6 Å². The molecule has 82 valence electrons. The highest BCUT2D eigenvalue weighted by Crippen LogP contribution is 2.30. The monoisotopic (exact) mass is 211 g/mol. The van der Waals surface area contributed by atoms with Gasteiger partial charge in [0.2, 0.25) is 5.75 Å². The van der Waals surface area contributed by atoms with Crippen LogP contribution in [0.25, 0.3) is 0 Å². The van der Waals surface area contributed by atoms with Gasteiger partial charge in [0.15, 0.2) is 0 Å². The van der Waals surface area contributed by atoms with Crippen molar-refractivity contribution in [2.45, 2.75) is 19.8 Å². The first-order valence-corrected chi connectivity index (χ1v) is 4.75. The minimum absolute atomic E-state index is 0.0351. The van der Waals surface area contributed by atoms with Crippen molar-refractivity contribution < 1.29 is 14.8 Å². The molecule has 0 atom stereocenters. The summed E-state index contributed by atoms with van der Waals surface area (Å²) >= 11 is 0. The zero-order valence-electron chi connectivity index (χ0n) is 8.47. The summed E-state index contributed by atoms with van der Waals surface area (Å²) < 4.78 is 5.22. The maximum Gasteiger partial charge on any atom is 0.311 e. The molecule has 1 N–H and O–H groups in total. The highest BCUT2D eigenvalue weighted by molar-refractivity contribution is 5.50. The van der Waals surface area contributed by atoms with E-state index in [0.717, 1.165) is 12.8 Å². The van der Waals surface area contributed by atoms with Crippen LogP contribution < -0.4 is 4.74 Å². The molecule has 0 spiro atoms. The van der Waals surface area contributed by atoms with Crippen molar-refractivity contribution in [3.05, 3.63) is 28.3 Å². The Labute approximate surface area is 87.5 Å². The fourth-order valence-electron chi connectivity index (χ4n) is 1.10. The average molecular weight is 211 g/mol. The molecule has 0 aliphatic carbocycles. The summed E-state index contributed by atoms with van der Waals surface area (Å²) in [5.41, 5.74) is -0.121. The lowest BCUT2D eigenvalue weighted by molar-refractivity contribution is -0.385. The van der Waals surface area contributed by atoms with Gasteiger partial charge in [0.05, 0.1) is 11.5 Å². The highest BCUT2D eigenvalue weighted by Gasteiger charge is 2.15. The second kappa shape index (κ2) is 5.19. The molecule has 0 bridgehead atoms. The Morgan fingerprint density at radius 1 is 1.53 bits per heavy atom. The van der Waals surface area contributed by atoms with E-state index >= 15 is 0 Å². The lowest BCUT2D eigenvalue weighted by Gasteiger charge is -2.05. The number of ether oxygens (including phenoxy) is 1. The van der Waals surface area contributed by atoms with Crippen molar-refractivity contribution >= 4 is 5.69 Å². The van der Waals surface area contributed by atoms with E-state index in [-0.39, 0.29) is 17.2 Å². The van der Waals surface area contributed by atoms with Gasteiger partial charge in [-0.15, -0.1) is 0 Å². The lowest BCUT2D eigenvalue weighted by atomic mass is 10.3. The summed E-state index contributed by atoms with van der Waals surface area (Å²) in [5.74, 6) is 0.0838. The smallest absolute Gasteiger partial charge is 0.311 e. The van der Waals surface area contributed by atoms with Crippen molar-refractivity contribution in [2.24, 2.45) is 0 Å². The van der Waals surface area contributed by atoms with E-state index in [2.05, 4.69) is 0 Å². The van der Waals surface area contributed by atoms with Gasteiger partial charge in [-0.3, -0.25) is 10.1 Å². The third kappa shape index (κ3) is 3.12. The first-order valence-electron chi connectivity index (χ1n) is 4.75. The predicted octanol–water partition coefficient (Wildman–Crippen LogP) is 2.48. The van der Waals surface area contributed by atoms with Gasteiger partial charge in [0.25, 0.3) is 0 Å². The fraction of sp³-hybridized carbons (Fsp3) is 0.400. The van der Waals surface area contributed by atoms with Gasteiger partial charge in [0.1, 0.15) is 5.75 Å². The van der Waals surface area contributed by atoms with E-state index < -0.39 is 4.92 Å². The molecule has 1 aromatic rings. The minimum Gasteiger partial charge on any atom is -0.508 e. The zero-order valence-corrected chi connectivity index (χ0v) is 8.47. The van der Waals surface area contributed by atoms with E-state index in [4.69, 9.17) is 4.74 Å². The van der Waals surface area contributed by atoms with Gasteiger partial charge in [-0.05, 0) is 12.5 Å². The van der Waals surface area contributed by atoms with Crippen molar-refractivity contribution in [1.29, 1.82) is 0 Å². The van der Waals surface area contributed by atoms with Gasteiger partial charge >= 0.3 is 5.69 Å². The van der Waals surface area contributed by atoms with E-state index in [1.54, 1.807) is 0 Å². The summed E-state index contributed by atoms with van der Waals surface area (Å²) in [6.45, 7) is 2.42. The minimum atomic E-state index is -0.527. The molecule has 5 heteroatoms. The Hall–Kier alpha value is -1.78. The summed E-state index contributed by atoms with van der Waals surface area (Å²) in [6.07, 6.45) is 1.78. The van der Waals surface area contributed by atoms with Crippen molar-refractivity contribution in [3.8, 4) is 11.5 Å². The van der Waals surface area contributed by atoms with Gasteiger partial charge < -0.3 is 9.84 Å². The number of nitro groups is 1. The van der Waals surface area contributed by atoms with Crippen molar-refractivity contribution in [2.75, 3.05) is 6.61 Å². The molecule has 0 aliphatic rings. The molecular weight excluding hydrogens is 198 g/mol. The van der Waals surface area contributed by atoms with Crippen LogP contribution in [0.3, 0.4) is 0 Å². The number of phenolic OH excluding ortho intramolecular Hbond substituents is 1. The standard InChI is InChI=1S/C10H13NO4/c1-2-3-6-15-10-7-8(12)4-5-9(10)11(13)14/h4-5,7,12H,2-3,6H2,1H3. The Morgan fingerprint density at radius 2 is 2.27 bits per heavy atom. The largest absolute Gasteiger partial charge is 0.508 e. The molecule has 0 radical (unpaired) electrons. The summed E-state index contributed by atoms with van der Waals surface area (Å²) in [7, 11) is 0. The van der Waals surface area contributed by atoms with Crippen LogP contribution in [-0.4, -0.2) is 16.6 Å². The maximum absolute atomic E-state index is 10.6. The summed E-state index contributed by atoms with van der Waals surface area (Å²) in [6, 6.07) is 3.76. The average Bonchev–Trinajstić information content (AvgIpc) is 2.18. The third-order valence-corrected chi connectivity index (χ3v) is 1.90. The molecule has 1 rings (SSSR count). The molecule has 0 fully saturated rings. The van der Waals surface area contributed by atoms with Gasteiger partial charge in [-0.2, -0.15) is 0 Å². The maximum atomic E-state index is 10.6. The molecule has 5 nitrogen and oxygen atoms in total. The van der Waals surface area contributed by atoms with Crippen LogP contribution in [0.5, 0.6) is 11.5 Å². The van der Waals surface area contributed by atoms with Crippen LogP contribution in [0.1, 0.15) is 19.8 Å². The molecule has 1 aromatic carbocycles. The number of aromatic hydroxyl groups is 1. The predicted molar refractivity (Wildman–Crippen MR) is 55.2 cm³/mol. The van der Waals surface area contributed by atoms with E-state index in [1.165, 1.54) is 18.2 Å². The second-order valence-electron chi connectivity index (χ2n) is 3.11. The molecule has 0 heterocycles. The van der Waals surface area contributed by atoms with Crippen LogP contribution in [0.2, 0.25) is 0 Å². The number of phenols is 1. The van der Waals surface area contributed by atoms with Gasteiger partial charge in [-0.25, -0.2) is 0 Å². The number of benzene rings is 1. The Kier molecular flexibility index (Phi) is 3.91. The van der Waals surface area contributed by atoms with E-state index in [0.29, 0.717) is 6.61 Å². The normalized spacial score (nSPS) is 9.93. The fourth-order valence-corrected chi connectivity index (χ4v) is 1.10. The van der Waals surface area contributed by atoms with Gasteiger partial charge in [-0.1, -0.05) is 13.3 Å². The summed E-state index contributed by atoms with van der Waals surface area (Å²) in [5, 5.41) is 19.8. The SMILES string of the molecule is CCCCOc1cc(O)ccc1[N+](=O)[O-]. The number of hydrogen-bond acceptors (Lipinski definition) is 4. The van der Waals surface area contributed by atoms with Crippen LogP contribution in [0, 0.1) is 10.1 Å². The molecule has 0 amide bonds. The third-order valence-electron chi connectivity index (χ3n) is 1.90. The van der Waals surface area contributed by atoms with E-state index in [9.17, 15) is 15.2 Å². The molecule has 15 heavy (non-hydrogen) atoms. The number of nitro benzene ring substituents is 1. The number of rotatable bonds is 5. The number of unbranched alkanes of at least 4 members (excludes halogenated alkanes) is 1. The second-order valence-corrected chi connectivity index (χ2v) is 3.11. The molecule has 0 aliphatic heterocycles. The first kappa shape index (κ1) is 11.3. The molecular formula is C10H13NO4. The lowest BCUT2D eigenvalue weighted by Crippen LogP contribution is -1.99. The van der Waals surface area contributed by atoms with Crippen LogP contribution in [-0.2, 0) is 0 Å².